The van der Waals surface area contributed by atoms with Gasteiger partial charge in [0.15, 0.2) is 0 Å². The van der Waals surface area contributed by atoms with Gasteiger partial charge >= 0.3 is 5.97 Å². The Balaban J connectivity index is 2.42. The number of carbonyl (C=O) groups is 1. The molecule has 4 nitrogen and oxygen atoms in total. The third-order valence-electron chi connectivity index (χ3n) is 3.37. The van der Waals surface area contributed by atoms with Crippen molar-refractivity contribution in [2.24, 2.45) is 0 Å². The predicted molar refractivity (Wildman–Crippen MR) is 62.1 cm³/mol. The van der Waals surface area contributed by atoms with Gasteiger partial charge in [-0.2, -0.15) is 0 Å². The predicted octanol–water partition coefficient (Wildman–Crippen LogP) is 1.17. The molecule has 1 unspecified atom stereocenters. The maximum Gasteiger partial charge on any atom is 0.307 e. The summed E-state index contributed by atoms with van der Waals surface area (Å²) in [6, 6.07) is 0.815. The molecule has 0 bridgehead atoms. The minimum absolute atomic E-state index is 0.152. The standard InChI is InChI=1S/C12H23NO3/c1-10(9-12(15)16-2)13(7-4-8-14)11-5-3-6-11/h10-11,14H,3-9H2,1-2H3. The zero-order valence-electron chi connectivity index (χ0n) is 10.3. The van der Waals surface area contributed by atoms with Crippen LogP contribution in [0.15, 0.2) is 0 Å². The second kappa shape index (κ2) is 6.86. The van der Waals surface area contributed by atoms with Gasteiger partial charge in [-0.25, -0.2) is 0 Å². The topological polar surface area (TPSA) is 49.8 Å². The number of hydrogen-bond donors (Lipinski definition) is 1. The highest BCUT2D eigenvalue weighted by Crippen LogP contribution is 2.27. The minimum Gasteiger partial charge on any atom is -0.469 e. The lowest BCUT2D eigenvalue weighted by atomic mass is 9.90. The molecule has 0 heterocycles. The summed E-state index contributed by atoms with van der Waals surface area (Å²) in [4.78, 5) is 13.6. The molecule has 1 N–H and O–H groups in total. The molecular weight excluding hydrogens is 206 g/mol. The molecule has 0 aliphatic heterocycles. The summed E-state index contributed by atoms with van der Waals surface area (Å²) in [6.07, 6.45) is 4.94. The van der Waals surface area contributed by atoms with Gasteiger partial charge in [0.25, 0.3) is 0 Å². The fourth-order valence-electron chi connectivity index (χ4n) is 2.18. The fourth-order valence-corrected chi connectivity index (χ4v) is 2.18. The highest BCUT2D eigenvalue weighted by molar-refractivity contribution is 5.69. The number of ether oxygens (including phenoxy) is 1. The van der Waals surface area contributed by atoms with Crippen molar-refractivity contribution in [2.75, 3.05) is 20.3 Å². The summed E-state index contributed by atoms with van der Waals surface area (Å²) in [5, 5.41) is 8.88. The van der Waals surface area contributed by atoms with E-state index >= 15 is 0 Å². The average Bonchev–Trinajstić information content (AvgIpc) is 2.20. The van der Waals surface area contributed by atoms with Crippen LogP contribution >= 0.6 is 0 Å². The number of nitrogens with zero attached hydrogens (tertiary/aromatic N) is 1. The summed E-state index contributed by atoms with van der Waals surface area (Å²) >= 11 is 0. The number of rotatable bonds is 7. The molecular formula is C12H23NO3. The zero-order valence-corrected chi connectivity index (χ0v) is 10.3. The Kier molecular flexibility index (Phi) is 5.77. The van der Waals surface area contributed by atoms with Crippen molar-refractivity contribution >= 4 is 5.97 Å². The van der Waals surface area contributed by atoms with E-state index in [0.717, 1.165) is 13.0 Å². The normalized spacial score (nSPS) is 18.2. The Morgan fingerprint density at radius 1 is 1.56 bits per heavy atom. The summed E-state index contributed by atoms with van der Waals surface area (Å²) < 4.78 is 4.69. The Bertz CT molecular complexity index is 216. The Morgan fingerprint density at radius 2 is 2.25 bits per heavy atom. The number of hydrogen-bond acceptors (Lipinski definition) is 4. The molecule has 1 saturated carbocycles. The lowest BCUT2D eigenvalue weighted by Gasteiger charge is -2.41. The van der Waals surface area contributed by atoms with Gasteiger partial charge in [-0.05, 0) is 26.2 Å². The molecule has 1 aliphatic carbocycles. The Morgan fingerprint density at radius 3 is 2.69 bits per heavy atom. The Hall–Kier alpha value is -0.610. The maximum atomic E-state index is 11.2. The first-order valence-corrected chi connectivity index (χ1v) is 6.12. The number of carbonyl (C=O) groups excluding carboxylic acids is 1. The first-order chi connectivity index (χ1) is 7.69. The van der Waals surface area contributed by atoms with E-state index in [9.17, 15) is 4.79 Å². The third-order valence-corrected chi connectivity index (χ3v) is 3.37. The van der Waals surface area contributed by atoms with E-state index in [4.69, 9.17) is 9.84 Å². The average molecular weight is 229 g/mol. The first kappa shape index (κ1) is 13.5. The Labute approximate surface area is 97.6 Å². The smallest absolute Gasteiger partial charge is 0.307 e. The molecule has 1 fully saturated rings. The second-order valence-corrected chi connectivity index (χ2v) is 4.53. The lowest BCUT2D eigenvalue weighted by Crippen LogP contribution is -2.47. The second-order valence-electron chi connectivity index (χ2n) is 4.53. The summed E-state index contributed by atoms with van der Waals surface area (Å²) in [5.41, 5.74) is 0. The van der Waals surface area contributed by atoms with Crippen LogP contribution in [0.2, 0.25) is 0 Å². The molecule has 0 saturated heterocycles. The first-order valence-electron chi connectivity index (χ1n) is 6.12. The van der Waals surface area contributed by atoms with E-state index in [0.29, 0.717) is 12.5 Å². The van der Waals surface area contributed by atoms with Gasteiger partial charge in [-0.3, -0.25) is 9.69 Å². The molecule has 94 valence electrons. The highest BCUT2D eigenvalue weighted by Gasteiger charge is 2.29. The SMILES string of the molecule is COC(=O)CC(C)N(CCCO)C1CCC1. The third kappa shape index (κ3) is 3.76. The van der Waals surface area contributed by atoms with Crippen LogP contribution in [0.1, 0.15) is 39.0 Å². The molecule has 4 heteroatoms. The number of methoxy groups -OCH3 is 1. The van der Waals surface area contributed by atoms with Crippen molar-refractivity contribution in [3.8, 4) is 0 Å². The summed E-state index contributed by atoms with van der Waals surface area (Å²) in [5.74, 6) is -0.152. The quantitative estimate of drug-likeness (QED) is 0.666. The van der Waals surface area contributed by atoms with Crippen LogP contribution in [-0.2, 0) is 9.53 Å². The van der Waals surface area contributed by atoms with E-state index in [1.165, 1.54) is 26.4 Å². The summed E-state index contributed by atoms with van der Waals surface area (Å²) in [7, 11) is 1.43. The molecule has 0 radical (unpaired) electrons. The fraction of sp³-hybridized carbons (Fsp3) is 0.917. The zero-order chi connectivity index (χ0) is 12.0. The van der Waals surface area contributed by atoms with Crippen LogP contribution in [-0.4, -0.2) is 48.3 Å². The molecule has 0 aromatic heterocycles. The van der Waals surface area contributed by atoms with Gasteiger partial charge in [-0.15, -0.1) is 0 Å². The highest BCUT2D eigenvalue weighted by atomic mass is 16.5. The van der Waals surface area contributed by atoms with Gasteiger partial charge in [0.2, 0.25) is 0 Å². The van der Waals surface area contributed by atoms with Crippen LogP contribution in [0.4, 0.5) is 0 Å². The molecule has 0 aromatic rings. The number of aliphatic hydroxyl groups excluding tert-OH is 1. The van der Waals surface area contributed by atoms with Crippen LogP contribution in [0.5, 0.6) is 0 Å². The van der Waals surface area contributed by atoms with Gasteiger partial charge in [-0.1, -0.05) is 6.42 Å². The van der Waals surface area contributed by atoms with Crippen molar-refractivity contribution in [3.05, 3.63) is 0 Å². The van der Waals surface area contributed by atoms with Crippen molar-refractivity contribution in [3.63, 3.8) is 0 Å². The molecule has 0 spiro atoms. The van der Waals surface area contributed by atoms with E-state index in [1.54, 1.807) is 0 Å². The van der Waals surface area contributed by atoms with Gasteiger partial charge in [0.1, 0.15) is 0 Å². The number of aliphatic hydroxyl groups is 1. The van der Waals surface area contributed by atoms with Crippen molar-refractivity contribution in [1.29, 1.82) is 0 Å². The molecule has 1 aliphatic rings. The van der Waals surface area contributed by atoms with Crippen molar-refractivity contribution in [2.45, 2.75) is 51.1 Å². The van der Waals surface area contributed by atoms with Crippen molar-refractivity contribution < 1.29 is 14.6 Å². The molecule has 0 aromatic carbocycles. The van der Waals surface area contributed by atoms with Gasteiger partial charge < -0.3 is 9.84 Å². The van der Waals surface area contributed by atoms with E-state index in [2.05, 4.69) is 11.8 Å². The van der Waals surface area contributed by atoms with E-state index < -0.39 is 0 Å². The molecule has 1 rings (SSSR count). The van der Waals surface area contributed by atoms with Crippen molar-refractivity contribution in [1.82, 2.24) is 4.90 Å². The van der Waals surface area contributed by atoms with Gasteiger partial charge in [0.05, 0.1) is 13.5 Å². The van der Waals surface area contributed by atoms with Crippen LogP contribution in [0.3, 0.4) is 0 Å². The number of esters is 1. The molecule has 1 atom stereocenters. The van der Waals surface area contributed by atoms with Crippen LogP contribution in [0, 0.1) is 0 Å². The summed E-state index contributed by atoms with van der Waals surface area (Å²) in [6.45, 7) is 3.15. The van der Waals surface area contributed by atoms with E-state index in [-0.39, 0.29) is 18.6 Å². The lowest BCUT2D eigenvalue weighted by molar-refractivity contribution is -0.142. The minimum atomic E-state index is -0.152. The van der Waals surface area contributed by atoms with Crippen LogP contribution < -0.4 is 0 Å². The monoisotopic (exact) mass is 229 g/mol. The van der Waals surface area contributed by atoms with Crippen LogP contribution in [0.25, 0.3) is 0 Å². The largest absolute Gasteiger partial charge is 0.469 e. The van der Waals surface area contributed by atoms with Gasteiger partial charge in [0, 0.05) is 25.2 Å². The molecule has 0 amide bonds. The maximum absolute atomic E-state index is 11.2. The molecule has 16 heavy (non-hydrogen) atoms. The van der Waals surface area contributed by atoms with E-state index in [1.807, 2.05) is 0 Å².